The Balaban J connectivity index is 1.85. The molecule has 2 rings (SSSR count). The molecule has 0 spiro atoms. The molecule has 0 radical (unpaired) electrons. The van der Waals surface area contributed by atoms with Gasteiger partial charge in [-0.15, -0.1) is 0 Å². The van der Waals surface area contributed by atoms with Gasteiger partial charge in [-0.05, 0) is 55.0 Å². The second-order valence-corrected chi connectivity index (χ2v) is 5.21. The van der Waals surface area contributed by atoms with Gasteiger partial charge in [-0.2, -0.15) is 15.7 Å². The number of benzene rings is 2. The van der Waals surface area contributed by atoms with Crippen molar-refractivity contribution in [1.82, 2.24) is 0 Å². The molecule has 0 bridgehead atoms. The van der Waals surface area contributed by atoms with Crippen molar-refractivity contribution in [3.05, 3.63) is 78.5 Å². The van der Waals surface area contributed by atoms with Gasteiger partial charge in [0.05, 0.1) is 19.3 Å². The Kier molecular flexibility index (Phi) is 7.40. The van der Waals surface area contributed by atoms with Gasteiger partial charge in [0.2, 0.25) is 0 Å². The Morgan fingerprint density at radius 3 is 2.50 bits per heavy atom. The van der Waals surface area contributed by atoms with Gasteiger partial charge in [-0.1, -0.05) is 24.3 Å². The molecule has 0 heterocycles. The van der Waals surface area contributed by atoms with Crippen molar-refractivity contribution >= 4 is 17.1 Å². The standard InChI is InChI=1S/C19H22N4O/c1-16(7-6-14-21-24-2)15-20-23-19-12-10-18(11-13-19)22-17-8-4-3-5-9-17/h3-14,21-22H,15H2,1-2H3/p+1/b14-6-,16-7-,23-20?. The van der Waals surface area contributed by atoms with Gasteiger partial charge in [0.25, 0.3) is 0 Å². The second-order valence-electron chi connectivity index (χ2n) is 5.21. The van der Waals surface area contributed by atoms with Crippen LogP contribution in [-0.2, 0) is 4.84 Å². The number of anilines is 2. The fourth-order valence-electron chi connectivity index (χ4n) is 1.92. The van der Waals surface area contributed by atoms with Gasteiger partial charge < -0.3 is 5.32 Å². The Morgan fingerprint density at radius 2 is 1.79 bits per heavy atom. The molecule has 0 saturated carbocycles. The number of rotatable bonds is 8. The normalized spacial score (nSPS) is 12.2. The van der Waals surface area contributed by atoms with E-state index in [2.05, 4.69) is 15.5 Å². The van der Waals surface area contributed by atoms with Crippen molar-refractivity contribution < 1.29 is 10.3 Å². The van der Waals surface area contributed by atoms with E-state index in [4.69, 9.17) is 4.84 Å². The number of hydroxylamine groups is 1. The lowest BCUT2D eigenvalue weighted by atomic mass is 10.2. The fourth-order valence-corrected chi connectivity index (χ4v) is 1.92. The van der Waals surface area contributed by atoms with E-state index in [0.717, 1.165) is 22.6 Å². The van der Waals surface area contributed by atoms with E-state index in [9.17, 15) is 0 Å². The topological polar surface area (TPSA) is 62.6 Å². The number of nitrogens with zero attached hydrogens (tertiary/aromatic N) is 2. The molecule has 0 aromatic heterocycles. The van der Waals surface area contributed by atoms with E-state index in [-0.39, 0.29) is 0 Å². The van der Waals surface area contributed by atoms with E-state index >= 15 is 0 Å². The summed E-state index contributed by atoms with van der Waals surface area (Å²) in [5, 5.41) is 11.8. The highest BCUT2D eigenvalue weighted by Crippen LogP contribution is 2.20. The first kappa shape index (κ1) is 17.6. The summed E-state index contributed by atoms with van der Waals surface area (Å²) in [4.78, 5) is 4.82. The van der Waals surface area contributed by atoms with Crippen molar-refractivity contribution in [3.63, 3.8) is 0 Å². The molecule has 3 N–H and O–H groups in total. The summed E-state index contributed by atoms with van der Waals surface area (Å²) in [6.45, 7) is 2.59. The van der Waals surface area contributed by atoms with E-state index in [1.54, 1.807) is 12.6 Å². The van der Waals surface area contributed by atoms with E-state index in [1.165, 1.54) is 0 Å². The highest BCUT2D eigenvalue weighted by Gasteiger charge is 1.95. The largest absolute Gasteiger partial charge is 0.356 e. The summed E-state index contributed by atoms with van der Waals surface area (Å²) in [6, 6.07) is 17.9. The molecule has 0 aliphatic carbocycles. The SMILES string of the molecule is CO[NH2+]/C=C\C=C(\C)CN=Nc1ccc(Nc2ccccc2)cc1. The van der Waals surface area contributed by atoms with Crippen LogP contribution < -0.4 is 10.8 Å². The summed E-state index contributed by atoms with van der Waals surface area (Å²) < 4.78 is 0. The molecular formula is C19H23N4O+. The monoisotopic (exact) mass is 323 g/mol. The van der Waals surface area contributed by atoms with Gasteiger partial charge in [0.1, 0.15) is 6.20 Å². The lowest BCUT2D eigenvalue weighted by Gasteiger charge is -2.05. The maximum Gasteiger partial charge on any atom is 0.125 e. The van der Waals surface area contributed by atoms with E-state index < -0.39 is 0 Å². The molecule has 0 aliphatic rings. The number of nitrogens with one attached hydrogen (secondary N) is 1. The molecule has 0 atom stereocenters. The summed E-state index contributed by atoms with van der Waals surface area (Å²) in [7, 11) is 1.62. The lowest BCUT2D eigenvalue weighted by Crippen LogP contribution is -2.75. The van der Waals surface area contributed by atoms with Crippen LogP contribution in [0.4, 0.5) is 17.1 Å². The van der Waals surface area contributed by atoms with E-state index in [1.807, 2.05) is 79.9 Å². The summed E-state index contributed by atoms with van der Waals surface area (Å²) in [5.41, 5.74) is 5.67. The number of para-hydroxylation sites is 1. The number of hydrogen-bond acceptors (Lipinski definition) is 4. The molecule has 2 aromatic carbocycles. The summed E-state index contributed by atoms with van der Waals surface area (Å²) in [6.07, 6.45) is 5.74. The molecule has 0 fully saturated rings. The molecule has 124 valence electrons. The smallest absolute Gasteiger partial charge is 0.125 e. The van der Waals surface area contributed by atoms with Crippen molar-refractivity contribution in [3.8, 4) is 0 Å². The zero-order valence-corrected chi connectivity index (χ0v) is 14.0. The van der Waals surface area contributed by atoms with Crippen LogP contribution in [0.3, 0.4) is 0 Å². The number of nitrogens with two attached hydrogens (primary N) is 1. The number of azo groups is 1. The maximum absolute atomic E-state index is 4.82. The van der Waals surface area contributed by atoms with Gasteiger partial charge in [0, 0.05) is 11.4 Å². The first-order valence-electron chi connectivity index (χ1n) is 7.76. The van der Waals surface area contributed by atoms with Crippen LogP contribution in [0.25, 0.3) is 0 Å². The highest BCUT2D eigenvalue weighted by molar-refractivity contribution is 5.61. The lowest BCUT2D eigenvalue weighted by molar-refractivity contribution is -0.842. The Morgan fingerprint density at radius 1 is 1.08 bits per heavy atom. The molecule has 2 aromatic rings. The van der Waals surface area contributed by atoms with Gasteiger partial charge in [0.15, 0.2) is 0 Å². The van der Waals surface area contributed by atoms with Crippen LogP contribution in [0.5, 0.6) is 0 Å². The first-order chi connectivity index (χ1) is 11.8. The van der Waals surface area contributed by atoms with Gasteiger partial charge in [-0.3, -0.25) is 0 Å². The zero-order chi connectivity index (χ0) is 17.0. The zero-order valence-electron chi connectivity index (χ0n) is 14.0. The minimum absolute atomic E-state index is 0.571. The third-order valence-electron chi connectivity index (χ3n) is 3.14. The Bertz CT molecular complexity index is 691. The molecule has 0 unspecified atom stereocenters. The predicted molar refractivity (Wildman–Crippen MR) is 97.4 cm³/mol. The molecule has 24 heavy (non-hydrogen) atoms. The third-order valence-corrected chi connectivity index (χ3v) is 3.14. The van der Waals surface area contributed by atoms with Crippen LogP contribution in [0.2, 0.25) is 0 Å². The van der Waals surface area contributed by atoms with Crippen molar-refractivity contribution in [2.45, 2.75) is 6.92 Å². The van der Waals surface area contributed by atoms with Gasteiger partial charge >= 0.3 is 0 Å². The van der Waals surface area contributed by atoms with E-state index in [0.29, 0.717) is 6.54 Å². The van der Waals surface area contributed by atoms with Crippen LogP contribution in [0.15, 0.2) is 88.8 Å². The maximum atomic E-state index is 4.82. The fraction of sp³-hybridized carbons (Fsp3) is 0.158. The average Bonchev–Trinajstić information content (AvgIpc) is 2.61. The van der Waals surface area contributed by atoms with Crippen molar-refractivity contribution in [2.75, 3.05) is 19.0 Å². The molecule has 0 saturated heterocycles. The summed E-state index contributed by atoms with van der Waals surface area (Å²) in [5.74, 6) is 0. The van der Waals surface area contributed by atoms with Crippen LogP contribution >= 0.6 is 0 Å². The van der Waals surface area contributed by atoms with Crippen LogP contribution in [-0.4, -0.2) is 13.7 Å². The van der Waals surface area contributed by atoms with Gasteiger partial charge in [-0.25, -0.2) is 4.84 Å². The second kappa shape index (κ2) is 10.1. The number of quaternary nitrogens is 1. The first-order valence-corrected chi connectivity index (χ1v) is 7.76. The molecule has 0 aliphatic heterocycles. The van der Waals surface area contributed by atoms with Crippen LogP contribution in [0.1, 0.15) is 6.92 Å². The predicted octanol–water partition coefficient (Wildman–Crippen LogP) is 4.10. The average molecular weight is 323 g/mol. The number of allylic oxidation sites excluding steroid dienone is 2. The Labute approximate surface area is 142 Å². The van der Waals surface area contributed by atoms with Crippen LogP contribution in [0, 0.1) is 0 Å². The molecular weight excluding hydrogens is 300 g/mol. The molecule has 5 nitrogen and oxygen atoms in total. The minimum atomic E-state index is 0.571. The Hall–Kier alpha value is -2.76. The third kappa shape index (κ3) is 6.56. The summed E-state index contributed by atoms with van der Waals surface area (Å²) >= 11 is 0. The quantitative estimate of drug-likeness (QED) is 0.436. The molecule has 0 amide bonds. The highest BCUT2D eigenvalue weighted by atomic mass is 16.6. The van der Waals surface area contributed by atoms with Crippen molar-refractivity contribution in [1.29, 1.82) is 0 Å². The minimum Gasteiger partial charge on any atom is -0.356 e. The number of hydrogen-bond donors (Lipinski definition) is 2. The molecule has 5 heteroatoms. The van der Waals surface area contributed by atoms with Crippen molar-refractivity contribution in [2.24, 2.45) is 10.2 Å².